The largest absolute Gasteiger partial charge is 0.497 e. The van der Waals surface area contributed by atoms with Crippen LogP contribution in [0.2, 0.25) is 0 Å². The van der Waals surface area contributed by atoms with Crippen molar-refractivity contribution in [3.05, 3.63) is 71.9 Å². The number of aromatic nitrogens is 3. The first-order chi connectivity index (χ1) is 14.1. The first kappa shape index (κ1) is 18.5. The van der Waals surface area contributed by atoms with Gasteiger partial charge in [0.2, 0.25) is 5.95 Å². The summed E-state index contributed by atoms with van der Waals surface area (Å²) < 4.78 is 11.8. The lowest BCUT2D eigenvalue weighted by Crippen LogP contribution is -2.01. The molecular formula is C22H20N4O3. The monoisotopic (exact) mass is 388 g/mol. The second kappa shape index (κ2) is 7.63. The van der Waals surface area contributed by atoms with E-state index in [4.69, 9.17) is 9.47 Å². The molecule has 7 heteroatoms. The van der Waals surface area contributed by atoms with Crippen LogP contribution in [0, 0.1) is 6.92 Å². The van der Waals surface area contributed by atoms with Gasteiger partial charge in [0.15, 0.2) is 5.65 Å². The van der Waals surface area contributed by atoms with Gasteiger partial charge in [-0.2, -0.15) is 4.98 Å². The molecule has 4 rings (SSSR count). The van der Waals surface area contributed by atoms with Gasteiger partial charge in [-0.3, -0.25) is 0 Å². The maximum Gasteiger partial charge on any atom is 0.337 e. The van der Waals surface area contributed by atoms with Crippen LogP contribution in [0.3, 0.4) is 0 Å². The fraction of sp³-hybridized carbons (Fsp3) is 0.136. The number of fused-ring (bicyclic) bond motifs is 1. The number of nitrogens with zero attached hydrogens (tertiary/aromatic N) is 3. The van der Waals surface area contributed by atoms with Crippen LogP contribution in [0.15, 0.2) is 60.8 Å². The number of carbonyl (C=O) groups is 1. The van der Waals surface area contributed by atoms with E-state index in [1.54, 1.807) is 35.9 Å². The number of esters is 1. The minimum absolute atomic E-state index is 0.373. The summed E-state index contributed by atoms with van der Waals surface area (Å²) in [6.07, 6.45) is 1.86. The molecule has 29 heavy (non-hydrogen) atoms. The fourth-order valence-corrected chi connectivity index (χ4v) is 3.17. The number of ether oxygens (including phenoxy) is 2. The van der Waals surface area contributed by atoms with E-state index in [0.717, 1.165) is 33.8 Å². The minimum Gasteiger partial charge on any atom is -0.497 e. The molecule has 0 atom stereocenters. The first-order valence-electron chi connectivity index (χ1n) is 9.05. The molecule has 0 fully saturated rings. The van der Waals surface area contributed by atoms with Crippen molar-refractivity contribution in [1.29, 1.82) is 0 Å². The van der Waals surface area contributed by atoms with Gasteiger partial charge in [-0.25, -0.2) is 9.31 Å². The number of hydrogen-bond acceptors (Lipinski definition) is 6. The number of hydrogen-bond donors (Lipinski definition) is 1. The summed E-state index contributed by atoms with van der Waals surface area (Å²) in [5, 5.41) is 7.68. The molecule has 2 heterocycles. The van der Waals surface area contributed by atoms with E-state index in [-0.39, 0.29) is 5.97 Å². The first-order valence-corrected chi connectivity index (χ1v) is 9.05. The summed E-state index contributed by atoms with van der Waals surface area (Å²) in [7, 11) is 3.01. The summed E-state index contributed by atoms with van der Waals surface area (Å²) in [6, 6.07) is 16.9. The Morgan fingerprint density at radius 3 is 2.52 bits per heavy atom. The number of carbonyl (C=O) groups excluding carboxylic acids is 1. The lowest BCUT2D eigenvalue weighted by Gasteiger charge is -2.08. The SMILES string of the molecule is COC(=O)c1ccc(Nc2nc3c(-c4ccc(OC)cc4C)cccn3n2)cc1. The molecule has 0 bridgehead atoms. The maximum absolute atomic E-state index is 11.6. The van der Waals surface area contributed by atoms with Crippen molar-refractivity contribution in [3.8, 4) is 16.9 Å². The highest BCUT2D eigenvalue weighted by molar-refractivity contribution is 5.89. The smallest absolute Gasteiger partial charge is 0.337 e. The maximum atomic E-state index is 11.6. The lowest BCUT2D eigenvalue weighted by molar-refractivity contribution is 0.0601. The fourth-order valence-electron chi connectivity index (χ4n) is 3.17. The van der Waals surface area contributed by atoms with Gasteiger partial charge in [-0.05, 0) is 66.6 Å². The summed E-state index contributed by atoms with van der Waals surface area (Å²) in [5.74, 6) is 0.911. The third-order valence-corrected chi connectivity index (χ3v) is 4.65. The van der Waals surface area contributed by atoms with Gasteiger partial charge in [0.25, 0.3) is 0 Å². The van der Waals surface area contributed by atoms with Crippen LogP contribution in [0.1, 0.15) is 15.9 Å². The Morgan fingerprint density at radius 1 is 1.03 bits per heavy atom. The number of aryl methyl sites for hydroxylation is 1. The van der Waals surface area contributed by atoms with E-state index in [1.165, 1.54) is 7.11 Å². The van der Waals surface area contributed by atoms with Crippen molar-refractivity contribution < 1.29 is 14.3 Å². The average molecular weight is 388 g/mol. The molecule has 0 amide bonds. The Morgan fingerprint density at radius 2 is 1.83 bits per heavy atom. The van der Waals surface area contributed by atoms with Crippen molar-refractivity contribution in [2.24, 2.45) is 0 Å². The Balaban J connectivity index is 1.67. The molecule has 7 nitrogen and oxygen atoms in total. The van der Waals surface area contributed by atoms with E-state index in [9.17, 15) is 4.79 Å². The van der Waals surface area contributed by atoms with Crippen LogP contribution in [0.4, 0.5) is 11.6 Å². The zero-order valence-corrected chi connectivity index (χ0v) is 16.3. The molecule has 0 radical (unpaired) electrons. The van der Waals surface area contributed by atoms with Gasteiger partial charge in [0.1, 0.15) is 5.75 Å². The molecule has 146 valence electrons. The molecule has 4 aromatic rings. The van der Waals surface area contributed by atoms with E-state index in [2.05, 4.69) is 15.4 Å². The van der Waals surface area contributed by atoms with Crippen LogP contribution in [0.25, 0.3) is 16.8 Å². The predicted molar refractivity (Wildman–Crippen MR) is 111 cm³/mol. The normalized spacial score (nSPS) is 10.7. The van der Waals surface area contributed by atoms with Crippen molar-refractivity contribution in [1.82, 2.24) is 14.6 Å². The second-order valence-corrected chi connectivity index (χ2v) is 6.50. The number of pyridine rings is 1. The average Bonchev–Trinajstić information content (AvgIpc) is 3.16. The highest BCUT2D eigenvalue weighted by atomic mass is 16.5. The van der Waals surface area contributed by atoms with E-state index < -0.39 is 0 Å². The molecule has 0 unspecified atom stereocenters. The van der Waals surface area contributed by atoms with Gasteiger partial charge in [0.05, 0.1) is 19.8 Å². The third-order valence-electron chi connectivity index (χ3n) is 4.65. The van der Waals surface area contributed by atoms with Crippen molar-refractivity contribution >= 4 is 23.3 Å². The number of nitrogens with one attached hydrogen (secondary N) is 1. The van der Waals surface area contributed by atoms with Crippen LogP contribution in [-0.2, 0) is 4.74 Å². The number of benzene rings is 2. The Bertz CT molecular complexity index is 1180. The van der Waals surface area contributed by atoms with Crippen LogP contribution < -0.4 is 10.1 Å². The Hall–Kier alpha value is -3.87. The Labute approximate surface area is 167 Å². The predicted octanol–water partition coefficient (Wildman–Crippen LogP) is 4.24. The van der Waals surface area contributed by atoms with Gasteiger partial charge in [-0.1, -0.05) is 6.07 Å². The highest BCUT2D eigenvalue weighted by Gasteiger charge is 2.12. The molecule has 2 aromatic carbocycles. The molecular weight excluding hydrogens is 368 g/mol. The number of rotatable bonds is 5. The molecule has 0 saturated heterocycles. The molecule has 0 aliphatic rings. The van der Waals surface area contributed by atoms with Gasteiger partial charge >= 0.3 is 5.97 Å². The van der Waals surface area contributed by atoms with Crippen LogP contribution in [-0.4, -0.2) is 34.8 Å². The summed E-state index contributed by atoms with van der Waals surface area (Å²) in [6.45, 7) is 2.04. The number of methoxy groups -OCH3 is 2. The zero-order valence-electron chi connectivity index (χ0n) is 16.3. The van der Waals surface area contributed by atoms with Crippen molar-refractivity contribution in [3.63, 3.8) is 0 Å². The van der Waals surface area contributed by atoms with E-state index >= 15 is 0 Å². The van der Waals surface area contributed by atoms with Gasteiger partial charge in [-0.15, -0.1) is 5.10 Å². The summed E-state index contributed by atoms with van der Waals surface area (Å²) in [5.41, 5.74) is 5.14. The third kappa shape index (κ3) is 3.62. The van der Waals surface area contributed by atoms with E-state index in [0.29, 0.717) is 11.5 Å². The topological polar surface area (TPSA) is 77.8 Å². The Kier molecular flexibility index (Phi) is 4.87. The van der Waals surface area contributed by atoms with Crippen LogP contribution in [0.5, 0.6) is 5.75 Å². The van der Waals surface area contributed by atoms with Crippen LogP contribution >= 0.6 is 0 Å². The minimum atomic E-state index is -0.373. The summed E-state index contributed by atoms with van der Waals surface area (Å²) in [4.78, 5) is 16.2. The molecule has 2 aromatic heterocycles. The van der Waals surface area contributed by atoms with E-state index in [1.807, 2.05) is 43.5 Å². The van der Waals surface area contributed by atoms with Crippen molar-refractivity contribution in [2.75, 3.05) is 19.5 Å². The highest BCUT2D eigenvalue weighted by Crippen LogP contribution is 2.30. The zero-order chi connectivity index (χ0) is 20.4. The van der Waals surface area contributed by atoms with Gasteiger partial charge < -0.3 is 14.8 Å². The molecule has 0 spiro atoms. The second-order valence-electron chi connectivity index (χ2n) is 6.50. The standard InChI is InChI=1S/C22H20N4O3/c1-14-13-17(28-2)10-11-18(14)19-5-4-12-26-20(19)24-22(25-26)23-16-8-6-15(7-9-16)21(27)29-3/h4-13H,1-3H3,(H,23,25). The summed E-state index contributed by atoms with van der Waals surface area (Å²) >= 11 is 0. The lowest BCUT2D eigenvalue weighted by atomic mass is 10.0. The molecule has 1 N–H and O–H groups in total. The molecule has 0 saturated carbocycles. The quantitative estimate of drug-likeness (QED) is 0.515. The molecule has 0 aliphatic carbocycles. The van der Waals surface area contributed by atoms with Gasteiger partial charge in [0, 0.05) is 17.4 Å². The number of anilines is 2. The molecule has 0 aliphatic heterocycles. The van der Waals surface area contributed by atoms with Crippen molar-refractivity contribution in [2.45, 2.75) is 6.92 Å².